The van der Waals surface area contributed by atoms with E-state index < -0.39 is 0 Å². The van der Waals surface area contributed by atoms with Crippen LogP contribution < -0.4 is 0 Å². The molecule has 1 unspecified atom stereocenters. The van der Waals surface area contributed by atoms with Gasteiger partial charge in [-0.25, -0.2) is 0 Å². The van der Waals surface area contributed by atoms with Crippen molar-refractivity contribution in [3.63, 3.8) is 0 Å². The van der Waals surface area contributed by atoms with Gasteiger partial charge < -0.3 is 14.1 Å². The van der Waals surface area contributed by atoms with Crippen molar-refractivity contribution in [3.05, 3.63) is 41.4 Å². The minimum atomic E-state index is -0.116. The van der Waals surface area contributed by atoms with Crippen molar-refractivity contribution in [1.82, 2.24) is 9.47 Å². The molecule has 0 radical (unpaired) electrons. The van der Waals surface area contributed by atoms with Gasteiger partial charge in [-0.3, -0.25) is 9.36 Å². The lowest BCUT2D eigenvalue weighted by Gasteiger charge is -2.21. The summed E-state index contributed by atoms with van der Waals surface area (Å²) < 4.78 is 13.0. The predicted octanol–water partition coefficient (Wildman–Crippen LogP) is 2.50. The number of aryl methyl sites for hydroxylation is 1. The van der Waals surface area contributed by atoms with Gasteiger partial charge in [0.2, 0.25) is 5.88 Å². The van der Waals surface area contributed by atoms with Crippen molar-refractivity contribution in [3.8, 4) is 12.0 Å². The zero-order valence-corrected chi connectivity index (χ0v) is 13.6. The van der Waals surface area contributed by atoms with Crippen LogP contribution in [0.5, 0.6) is 0 Å². The molecular weight excluding hydrogens is 306 g/mol. The zero-order chi connectivity index (χ0) is 16.7. The minimum Gasteiger partial charge on any atom is -0.443 e. The highest BCUT2D eigenvalue weighted by molar-refractivity contribution is 5.98. The highest BCUT2D eigenvalue weighted by Gasteiger charge is 2.44. The molecule has 1 atom stereocenters. The van der Waals surface area contributed by atoms with E-state index in [0.29, 0.717) is 35.9 Å². The molecule has 0 N–H and O–H groups in total. The van der Waals surface area contributed by atoms with Crippen LogP contribution in [0.4, 0.5) is 0 Å². The number of nitrogens with zero attached hydrogens (tertiary/aromatic N) is 3. The number of hydrogen-bond acceptors (Lipinski definition) is 4. The summed E-state index contributed by atoms with van der Waals surface area (Å²) in [6.45, 7) is 4.64. The van der Waals surface area contributed by atoms with E-state index in [4.69, 9.17) is 9.15 Å². The highest BCUT2D eigenvalue weighted by Crippen LogP contribution is 2.39. The third-order valence-electron chi connectivity index (χ3n) is 5.14. The molecule has 1 spiro atoms. The average Bonchev–Trinajstić information content (AvgIpc) is 3.34. The fraction of sp³-hybridized carbons (Fsp3) is 0.444. The third-order valence-corrected chi connectivity index (χ3v) is 5.14. The molecule has 0 aromatic carbocycles. The molecule has 124 valence electrons. The molecule has 2 aliphatic rings. The second kappa shape index (κ2) is 5.53. The molecule has 0 saturated carbocycles. The normalized spacial score (nSPS) is 23.1. The summed E-state index contributed by atoms with van der Waals surface area (Å²) in [6, 6.07) is 5.86. The predicted molar refractivity (Wildman–Crippen MR) is 85.9 cm³/mol. The number of aromatic nitrogens is 1. The van der Waals surface area contributed by atoms with E-state index in [1.807, 2.05) is 17.0 Å². The van der Waals surface area contributed by atoms with E-state index in [-0.39, 0.29) is 11.3 Å². The quantitative estimate of drug-likeness (QED) is 0.850. The molecule has 2 aliphatic heterocycles. The standard InChI is InChI=1S/C18H19N3O3/c1-13-15(14(10-19)17(24-13)20-6-2-3-7-20)16(22)21-8-4-18(11-21)5-9-23-12-18/h2-3,6-7H,4-5,8-9,11-12H2,1H3. The van der Waals surface area contributed by atoms with Gasteiger partial charge in [0.15, 0.2) is 0 Å². The molecular formula is C18H19N3O3. The van der Waals surface area contributed by atoms with Gasteiger partial charge in [-0.2, -0.15) is 5.26 Å². The number of nitriles is 1. The van der Waals surface area contributed by atoms with Gasteiger partial charge in [-0.05, 0) is 31.9 Å². The van der Waals surface area contributed by atoms with Crippen LogP contribution in [0, 0.1) is 23.7 Å². The number of amides is 1. The van der Waals surface area contributed by atoms with Gasteiger partial charge in [0.1, 0.15) is 23.0 Å². The van der Waals surface area contributed by atoms with Gasteiger partial charge >= 0.3 is 0 Å². The largest absolute Gasteiger partial charge is 0.443 e. The van der Waals surface area contributed by atoms with Crippen LogP contribution in [0.3, 0.4) is 0 Å². The summed E-state index contributed by atoms with van der Waals surface area (Å²) in [4.78, 5) is 14.9. The molecule has 2 saturated heterocycles. The van der Waals surface area contributed by atoms with Crippen LogP contribution in [0.15, 0.2) is 28.9 Å². The van der Waals surface area contributed by atoms with Crippen molar-refractivity contribution < 1.29 is 13.9 Å². The first-order valence-electron chi connectivity index (χ1n) is 8.17. The molecule has 2 aromatic heterocycles. The number of carbonyl (C=O) groups is 1. The van der Waals surface area contributed by atoms with Gasteiger partial charge in [-0.15, -0.1) is 0 Å². The van der Waals surface area contributed by atoms with Crippen LogP contribution in [-0.4, -0.2) is 41.7 Å². The summed E-state index contributed by atoms with van der Waals surface area (Å²) in [7, 11) is 0. The Morgan fingerprint density at radius 3 is 2.79 bits per heavy atom. The molecule has 0 aliphatic carbocycles. The van der Waals surface area contributed by atoms with Gasteiger partial charge in [0, 0.05) is 37.5 Å². The fourth-order valence-electron chi connectivity index (χ4n) is 3.78. The van der Waals surface area contributed by atoms with E-state index >= 15 is 0 Å². The Balaban J connectivity index is 1.67. The summed E-state index contributed by atoms with van der Waals surface area (Å²) in [5.74, 6) is 0.778. The minimum absolute atomic E-state index is 0.101. The van der Waals surface area contributed by atoms with Gasteiger partial charge in [-0.1, -0.05) is 0 Å². The number of furan rings is 1. The van der Waals surface area contributed by atoms with Gasteiger partial charge in [0.05, 0.1) is 6.61 Å². The maximum atomic E-state index is 13.0. The van der Waals surface area contributed by atoms with Crippen LogP contribution in [-0.2, 0) is 4.74 Å². The lowest BCUT2D eigenvalue weighted by atomic mass is 9.87. The maximum absolute atomic E-state index is 13.0. The number of carbonyl (C=O) groups excluding carboxylic acids is 1. The lowest BCUT2D eigenvalue weighted by Crippen LogP contribution is -2.33. The second-order valence-electron chi connectivity index (χ2n) is 6.69. The number of hydrogen-bond donors (Lipinski definition) is 0. The summed E-state index contributed by atoms with van der Waals surface area (Å²) in [5, 5.41) is 9.59. The molecule has 0 bridgehead atoms. The molecule has 6 heteroatoms. The van der Waals surface area contributed by atoms with Crippen molar-refractivity contribution in [1.29, 1.82) is 5.26 Å². The Hall–Kier alpha value is -2.52. The van der Waals surface area contributed by atoms with Crippen LogP contribution in [0.2, 0.25) is 0 Å². The smallest absolute Gasteiger partial charge is 0.258 e. The first-order valence-corrected chi connectivity index (χ1v) is 8.17. The second-order valence-corrected chi connectivity index (χ2v) is 6.69. The highest BCUT2D eigenvalue weighted by atomic mass is 16.5. The van der Waals surface area contributed by atoms with E-state index in [0.717, 1.165) is 26.1 Å². The zero-order valence-electron chi connectivity index (χ0n) is 13.6. The van der Waals surface area contributed by atoms with Crippen molar-refractivity contribution in [2.24, 2.45) is 5.41 Å². The summed E-state index contributed by atoms with van der Waals surface area (Å²) in [6.07, 6.45) is 5.56. The van der Waals surface area contributed by atoms with Crippen molar-refractivity contribution >= 4 is 5.91 Å². The maximum Gasteiger partial charge on any atom is 0.258 e. The molecule has 4 heterocycles. The summed E-state index contributed by atoms with van der Waals surface area (Å²) >= 11 is 0. The van der Waals surface area contributed by atoms with E-state index in [2.05, 4.69) is 6.07 Å². The SMILES string of the molecule is Cc1oc(-n2cccc2)c(C#N)c1C(=O)N1CCC2(CCOC2)C1. The Bertz CT molecular complexity index is 807. The number of likely N-dealkylation sites (tertiary alicyclic amines) is 1. The molecule has 4 rings (SSSR count). The van der Waals surface area contributed by atoms with Crippen LogP contribution in [0.1, 0.15) is 34.5 Å². The van der Waals surface area contributed by atoms with Crippen LogP contribution in [0.25, 0.3) is 5.88 Å². The van der Waals surface area contributed by atoms with Crippen LogP contribution >= 0.6 is 0 Å². The first-order chi connectivity index (χ1) is 11.6. The summed E-state index contributed by atoms with van der Waals surface area (Å²) in [5.41, 5.74) is 0.790. The molecule has 1 amide bonds. The molecule has 2 fully saturated rings. The third kappa shape index (κ3) is 2.24. The molecule has 2 aromatic rings. The topological polar surface area (TPSA) is 71.4 Å². The van der Waals surface area contributed by atoms with Crippen molar-refractivity contribution in [2.75, 3.05) is 26.3 Å². The Labute approximate surface area is 140 Å². The van der Waals surface area contributed by atoms with E-state index in [1.54, 1.807) is 23.9 Å². The monoisotopic (exact) mass is 325 g/mol. The number of rotatable bonds is 2. The average molecular weight is 325 g/mol. The lowest BCUT2D eigenvalue weighted by molar-refractivity contribution is 0.0763. The molecule has 6 nitrogen and oxygen atoms in total. The molecule has 24 heavy (non-hydrogen) atoms. The van der Waals surface area contributed by atoms with Crippen molar-refractivity contribution in [2.45, 2.75) is 19.8 Å². The van der Waals surface area contributed by atoms with E-state index in [9.17, 15) is 10.1 Å². The Kier molecular flexibility index (Phi) is 3.47. The van der Waals surface area contributed by atoms with E-state index in [1.165, 1.54) is 0 Å². The Morgan fingerprint density at radius 2 is 2.12 bits per heavy atom. The van der Waals surface area contributed by atoms with Gasteiger partial charge in [0.25, 0.3) is 5.91 Å². The number of ether oxygens (including phenoxy) is 1. The first kappa shape index (κ1) is 15.0. The fourth-order valence-corrected chi connectivity index (χ4v) is 3.78. The Morgan fingerprint density at radius 1 is 1.33 bits per heavy atom.